The van der Waals surface area contributed by atoms with Crippen molar-refractivity contribution in [1.82, 2.24) is 9.13 Å². The van der Waals surface area contributed by atoms with Crippen molar-refractivity contribution in [2.45, 2.75) is 69.2 Å². The van der Waals surface area contributed by atoms with E-state index < -0.39 is 0 Å². The van der Waals surface area contributed by atoms with Crippen LogP contribution in [0.15, 0.2) is 84.9 Å². The molecule has 0 saturated heterocycles. The standard InChI is InChI=1S/2C14H13N.4C2H6/c1-10-7-8-14-12(9-10)11-5-3-4-6-13(11)15(14)2;1-10-7-8-12-11-5-3-4-6-13(11)15(2)14(12)9-10;4*1-2/h2*3-9H,1-2H3;4*1-2H3. The fourth-order valence-corrected chi connectivity index (χ4v) is 4.55. The molecular weight excluding hydrogens is 460 g/mol. The van der Waals surface area contributed by atoms with Gasteiger partial charge in [0.25, 0.3) is 0 Å². The fourth-order valence-electron chi connectivity index (χ4n) is 4.55. The summed E-state index contributed by atoms with van der Waals surface area (Å²) >= 11 is 0. The Morgan fingerprint density at radius 2 is 0.737 bits per heavy atom. The number of aromatic nitrogens is 2. The summed E-state index contributed by atoms with van der Waals surface area (Å²) in [7, 11) is 4.25. The van der Waals surface area contributed by atoms with Gasteiger partial charge in [-0.25, -0.2) is 0 Å². The van der Waals surface area contributed by atoms with Crippen LogP contribution in [0.5, 0.6) is 0 Å². The number of nitrogens with zero attached hydrogens (tertiary/aromatic N) is 2. The van der Waals surface area contributed by atoms with Gasteiger partial charge in [0, 0.05) is 57.7 Å². The molecule has 0 fully saturated rings. The summed E-state index contributed by atoms with van der Waals surface area (Å²) in [6.45, 7) is 20.3. The van der Waals surface area contributed by atoms with Crippen LogP contribution in [0.25, 0.3) is 43.6 Å². The van der Waals surface area contributed by atoms with Crippen LogP contribution in [0.2, 0.25) is 0 Å². The van der Waals surface area contributed by atoms with Gasteiger partial charge in [0.1, 0.15) is 0 Å². The van der Waals surface area contributed by atoms with Crippen LogP contribution < -0.4 is 0 Å². The second kappa shape index (κ2) is 16.3. The second-order valence-corrected chi connectivity index (χ2v) is 8.19. The van der Waals surface area contributed by atoms with Crippen molar-refractivity contribution in [3.05, 3.63) is 96.1 Å². The average Bonchev–Trinajstić information content (AvgIpc) is 3.44. The van der Waals surface area contributed by atoms with Crippen LogP contribution >= 0.6 is 0 Å². The van der Waals surface area contributed by atoms with Gasteiger partial charge in [0.05, 0.1) is 0 Å². The lowest BCUT2D eigenvalue weighted by molar-refractivity contribution is 1.01. The molecule has 0 aliphatic carbocycles. The lowest BCUT2D eigenvalue weighted by Gasteiger charge is -1.97. The smallest absolute Gasteiger partial charge is 0.0491 e. The number of aryl methyl sites for hydroxylation is 4. The summed E-state index contributed by atoms with van der Waals surface area (Å²) in [5.41, 5.74) is 7.86. The minimum absolute atomic E-state index is 1.30. The van der Waals surface area contributed by atoms with Gasteiger partial charge in [-0.2, -0.15) is 0 Å². The van der Waals surface area contributed by atoms with Crippen molar-refractivity contribution < 1.29 is 0 Å². The molecule has 0 radical (unpaired) electrons. The Morgan fingerprint density at radius 1 is 0.368 bits per heavy atom. The maximum atomic E-state index is 2.26. The first-order valence-electron chi connectivity index (χ1n) is 14.4. The van der Waals surface area contributed by atoms with Crippen LogP contribution in [-0.4, -0.2) is 9.13 Å². The summed E-state index contributed by atoms with van der Waals surface area (Å²) in [6.07, 6.45) is 0. The fraction of sp³-hybridized carbons (Fsp3) is 0.333. The molecule has 2 aromatic heterocycles. The first-order valence-corrected chi connectivity index (χ1v) is 14.4. The largest absolute Gasteiger partial charge is 0.344 e. The van der Waals surface area contributed by atoms with Gasteiger partial charge in [0.15, 0.2) is 0 Å². The quantitative estimate of drug-likeness (QED) is 0.192. The van der Waals surface area contributed by atoms with Crippen molar-refractivity contribution >= 4 is 43.6 Å². The Balaban J connectivity index is 0.000000302. The number of para-hydroxylation sites is 2. The van der Waals surface area contributed by atoms with E-state index in [0.29, 0.717) is 0 Å². The molecule has 0 aliphatic rings. The number of benzene rings is 4. The molecule has 0 saturated carbocycles. The Kier molecular flexibility index (Phi) is 14.0. The van der Waals surface area contributed by atoms with Gasteiger partial charge in [-0.1, -0.05) is 116 Å². The average molecular weight is 511 g/mol. The Bertz CT molecular complexity index is 1520. The lowest BCUT2D eigenvalue weighted by atomic mass is 10.1. The van der Waals surface area contributed by atoms with Gasteiger partial charge in [-0.3, -0.25) is 0 Å². The van der Waals surface area contributed by atoms with E-state index in [9.17, 15) is 0 Å². The van der Waals surface area contributed by atoms with E-state index in [2.05, 4.69) is 122 Å². The molecule has 0 unspecified atom stereocenters. The molecular formula is C36H50N2. The van der Waals surface area contributed by atoms with E-state index in [1.54, 1.807) is 0 Å². The summed E-state index contributed by atoms with van der Waals surface area (Å²) in [4.78, 5) is 0. The first kappa shape index (κ1) is 32.5. The van der Waals surface area contributed by atoms with E-state index in [0.717, 1.165) is 0 Å². The molecule has 6 aromatic rings. The molecule has 6 rings (SSSR count). The van der Waals surface area contributed by atoms with E-state index in [-0.39, 0.29) is 0 Å². The van der Waals surface area contributed by atoms with Gasteiger partial charge >= 0.3 is 0 Å². The highest BCUT2D eigenvalue weighted by molar-refractivity contribution is 6.08. The number of hydrogen-bond donors (Lipinski definition) is 0. The molecule has 2 heterocycles. The number of fused-ring (bicyclic) bond motifs is 6. The first-order chi connectivity index (χ1) is 18.5. The lowest BCUT2D eigenvalue weighted by Crippen LogP contribution is -1.86. The number of hydrogen-bond acceptors (Lipinski definition) is 0. The van der Waals surface area contributed by atoms with E-state index in [1.807, 2.05) is 55.4 Å². The summed E-state index contributed by atoms with van der Waals surface area (Å²) in [6, 6.07) is 30.4. The topological polar surface area (TPSA) is 9.86 Å². The van der Waals surface area contributed by atoms with Crippen LogP contribution in [0.1, 0.15) is 66.5 Å². The molecule has 0 bridgehead atoms. The monoisotopic (exact) mass is 510 g/mol. The normalized spacial score (nSPS) is 9.58. The highest BCUT2D eigenvalue weighted by Gasteiger charge is 2.07. The molecule has 0 spiro atoms. The zero-order valence-electron chi connectivity index (χ0n) is 26.0. The Hall–Kier alpha value is -3.52. The van der Waals surface area contributed by atoms with Gasteiger partial charge < -0.3 is 9.13 Å². The summed E-state index contributed by atoms with van der Waals surface area (Å²) < 4.78 is 4.52. The van der Waals surface area contributed by atoms with Crippen molar-refractivity contribution in [2.24, 2.45) is 14.1 Å². The third kappa shape index (κ3) is 6.86. The van der Waals surface area contributed by atoms with E-state index in [4.69, 9.17) is 0 Å². The minimum atomic E-state index is 1.30. The van der Waals surface area contributed by atoms with Crippen LogP contribution in [0, 0.1) is 13.8 Å². The Morgan fingerprint density at radius 3 is 1.29 bits per heavy atom. The minimum Gasteiger partial charge on any atom is -0.344 e. The molecule has 0 aliphatic heterocycles. The molecule has 204 valence electrons. The predicted molar refractivity (Wildman–Crippen MR) is 176 cm³/mol. The van der Waals surface area contributed by atoms with Crippen molar-refractivity contribution in [2.75, 3.05) is 0 Å². The number of rotatable bonds is 0. The van der Waals surface area contributed by atoms with Crippen LogP contribution in [0.4, 0.5) is 0 Å². The van der Waals surface area contributed by atoms with E-state index in [1.165, 1.54) is 54.7 Å². The zero-order valence-corrected chi connectivity index (χ0v) is 26.0. The maximum Gasteiger partial charge on any atom is 0.0491 e. The zero-order chi connectivity index (χ0) is 28.8. The molecule has 4 aromatic carbocycles. The second-order valence-electron chi connectivity index (χ2n) is 8.19. The summed E-state index contributed by atoms with van der Waals surface area (Å²) in [5, 5.41) is 5.39. The van der Waals surface area contributed by atoms with Gasteiger partial charge in [-0.15, -0.1) is 0 Å². The molecule has 0 atom stereocenters. The van der Waals surface area contributed by atoms with Gasteiger partial charge in [0.2, 0.25) is 0 Å². The third-order valence-corrected chi connectivity index (χ3v) is 6.14. The SMILES string of the molecule is CC.CC.CC.CC.Cc1ccc2c(c1)c1ccccc1n2C.Cc1ccc2c3ccccc3n(C)c2c1. The molecule has 2 nitrogen and oxygen atoms in total. The molecule has 0 amide bonds. The summed E-state index contributed by atoms with van der Waals surface area (Å²) in [5.74, 6) is 0. The molecule has 0 N–H and O–H groups in total. The molecule has 2 heteroatoms. The van der Waals surface area contributed by atoms with E-state index >= 15 is 0 Å². The van der Waals surface area contributed by atoms with Crippen molar-refractivity contribution in [3.63, 3.8) is 0 Å². The van der Waals surface area contributed by atoms with Crippen molar-refractivity contribution in [1.29, 1.82) is 0 Å². The molecule has 38 heavy (non-hydrogen) atoms. The highest BCUT2D eigenvalue weighted by atomic mass is 14.9. The van der Waals surface area contributed by atoms with Crippen LogP contribution in [0.3, 0.4) is 0 Å². The van der Waals surface area contributed by atoms with Crippen molar-refractivity contribution in [3.8, 4) is 0 Å². The van der Waals surface area contributed by atoms with Crippen LogP contribution in [-0.2, 0) is 14.1 Å². The highest BCUT2D eigenvalue weighted by Crippen LogP contribution is 2.29. The third-order valence-electron chi connectivity index (χ3n) is 6.14. The van der Waals surface area contributed by atoms with Gasteiger partial charge in [-0.05, 0) is 49.7 Å². The Labute approximate surface area is 231 Å². The maximum absolute atomic E-state index is 2.26. The predicted octanol–water partition coefficient (Wildman–Crippen LogP) is 11.4.